The van der Waals surface area contributed by atoms with E-state index >= 15 is 0 Å². The highest BCUT2D eigenvalue weighted by Crippen LogP contribution is 2.19. The quantitative estimate of drug-likeness (QED) is 0.356. The molecule has 0 spiro atoms. The van der Waals surface area contributed by atoms with Crippen LogP contribution in [-0.2, 0) is 0 Å². The van der Waals surface area contributed by atoms with Crippen molar-refractivity contribution >= 4 is 45.0 Å². The van der Waals surface area contributed by atoms with Crippen LogP contribution in [0.25, 0.3) is 0 Å². The minimum atomic E-state index is 0.689. The summed E-state index contributed by atoms with van der Waals surface area (Å²) in [7, 11) is 0. The third-order valence-corrected chi connectivity index (χ3v) is 3.85. The Hall–Kier alpha value is -0.520. The normalized spacial score (nSPS) is 9.89. The molecule has 0 unspecified atom stereocenters. The van der Waals surface area contributed by atoms with Gasteiger partial charge in [-0.15, -0.1) is 11.8 Å². The molecule has 0 aliphatic rings. The predicted octanol–water partition coefficient (Wildman–Crippen LogP) is 3.58. The van der Waals surface area contributed by atoms with Crippen molar-refractivity contribution in [1.29, 1.82) is 0 Å². The maximum atomic E-state index is 5.14. The van der Waals surface area contributed by atoms with Crippen LogP contribution >= 0.6 is 39.9 Å². The molecule has 0 radical (unpaired) electrons. The van der Waals surface area contributed by atoms with Crippen molar-refractivity contribution in [2.24, 2.45) is 0 Å². The van der Waals surface area contributed by atoms with Crippen LogP contribution in [-0.4, -0.2) is 24.0 Å². The zero-order valence-electron chi connectivity index (χ0n) is 10.3. The second kappa shape index (κ2) is 8.56. The van der Waals surface area contributed by atoms with Gasteiger partial charge < -0.3 is 10.6 Å². The SMILES string of the molecule is C=C(C)CNC(=S)NCCSc1ccc(Br)cc1. The number of hydrogen-bond donors (Lipinski definition) is 2. The maximum Gasteiger partial charge on any atom is 0.166 e. The smallest absolute Gasteiger partial charge is 0.166 e. The topological polar surface area (TPSA) is 24.1 Å². The summed E-state index contributed by atoms with van der Waals surface area (Å²) in [6.07, 6.45) is 0. The predicted molar refractivity (Wildman–Crippen MR) is 88.3 cm³/mol. The largest absolute Gasteiger partial charge is 0.362 e. The Morgan fingerprint density at radius 3 is 2.61 bits per heavy atom. The number of halogens is 1. The minimum Gasteiger partial charge on any atom is -0.362 e. The lowest BCUT2D eigenvalue weighted by molar-refractivity contribution is 0.898. The van der Waals surface area contributed by atoms with E-state index in [1.165, 1.54) is 4.90 Å². The fraction of sp³-hybridized carbons (Fsp3) is 0.308. The highest BCUT2D eigenvalue weighted by Gasteiger charge is 1.96. The zero-order chi connectivity index (χ0) is 13.4. The van der Waals surface area contributed by atoms with Gasteiger partial charge in [-0.2, -0.15) is 0 Å². The third-order valence-electron chi connectivity index (χ3n) is 2.02. The molecule has 1 aromatic rings. The molecule has 18 heavy (non-hydrogen) atoms. The second-order valence-corrected chi connectivity index (χ2v) is 6.36. The van der Waals surface area contributed by atoms with E-state index in [4.69, 9.17) is 12.2 Å². The van der Waals surface area contributed by atoms with Gasteiger partial charge >= 0.3 is 0 Å². The Morgan fingerprint density at radius 1 is 1.33 bits per heavy atom. The molecule has 0 heterocycles. The summed E-state index contributed by atoms with van der Waals surface area (Å²) in [5.41, 5.74) is 1.07. The molecular weight excluding hydrogens is 328 g/mol. The van der Waals surface area contributed by atoms with Gasteiger partial charge in [0.1, 0.15) is 0 Å². The highest BCUT2D eigenvalue weighted by molar-refractivity contribution is 9.10. The van der Waals surface area contributed by atoms with E-state index in [2.05, 4.69) is 57.4 Å². The first kappa shape index (κ1) is 15.5. The van der Waals surface area contributed by atoms with E-state index in [0.717, 1.165) is 28.9 Å². The zero-order valence-corrected chi connectivity index (χ0v) is 13.6. The molecular formula is C13H17BrN2S2. The van der Waals surface area contributed by atoms with Gasteiger partial charge in [-0.05, 0) is 43.4 Å². The summed E-state index contributed by atoms with van der Waals surface area (Å²) >= 11 is 10.4. The summed E-state index contributed by atoms with van der Waals surface area (Å²) in [5, 5.41) is 6.95. The van der Waals surface area contributed by atoms with Crippen molar-refractivity contribution in [1.82, 2.24) is 10.6 Å². The van der Waals surface area contributed by atoms with Gasteiger partial charge in [0.05, 0.1) is 0 Å². The average Bonchev–Trinajstić information content (AvgIpc) is 2.34. The molecule has 0 bridgehead atoms. The van der Waals surface area contributed by atoms with Crippen LogP contribution in [0.15, 0.2) is 45.8 Å². The molecule has 0 aromatic heterocycles. The lowest BCUT2D eigenvalue weighted by Crippen LogP contribution is -2.37. The van der Waals surface area contributed by atoms with Gasteiger partial charge in [0.15, 0.2) is 5.11 Å². The monoisotopic (exact) mass is 344 g/mol. The molecule has 0 amide bonds. The van der Waals surface area contributed by atoms with Crippen molar-refractivity contribution in [3.05, 3.63) is 40.9 Å². The Balaban J connectivity index is 2.13. The molecule has 1 rings (SSSR count). The van der Waals surface area contributed by atoms with Gasteiger partial charge in [0.2, 0.25) is 0 Å². The summed E-state index contributed by atoms with van der Waals surface area (Å²) < 4.78 is 1.11. The number of thioether (sulfide) groups is 1. The lowest BCUT2D eigenvalue weighted by Gasteiger charge is -2.10. The van der Waals surface area contributed by atoms with Gasteiger partial charge in [0, 0.05) is 28.2 Å². The fourth-order valence-electron chi connectivity index (χ4n) is 1.16. The first-order valence-corrected chi connectivity index (χ1v) is 7.81. The van der Waals surface area contributed by atoms with Crippen molar-refractivity contribution in [3.8, 4) is 0 Å². The van der Waals surface area contributed by atoms with Crippen molar-refractivity contribution in [3.63, 3.8) is 0 Å². The molecule has 0 saturated carbocycles. The third kappa shape index (κ3) is 7.03. The Bertz CT molecular complexity index is 404. The molecule has 0 aliphatic carbocycles. The van der Waals surface area contributed by atoms with E-state index in [9.17, 15) is 0 Å². The van der Waals surface area contributed by atoms with Gasteiger partial charge in [-0.1, -0.05) is 28.1 Å². The number of hydrogen-bond acceptors (Lipinski definition) is 2. The molecule has 1 aromatic carbocycles. The van der Waals surface area contributed by atoms with E-state index < -0.39 is 0 Å². The minimum absolute atomic E-state index is 0.689. The molecule has 2 nitrogen and oxygen atoms in total. The summed E-state index contributed by atoms with van der Waals surface area (Å²) in [6.45, 7) is 7.36. The van der Waals surface area contributed by atoms with Gasteiger partial charge in [-0.25, -0.2) is 0 Å². The second-order valence-electron chi connectivity index (χ2n) is 3.87. The van der Waals surface area contributed by atoms with E-state index in [1.807, 2.05) is 18.7 Å². The number of rotatable bonds is 6. The van der Waals surface area contributed by atoms with Gasteiger partial charge in [0.25, 0.3) is 0 Å². The van der Waals surface area contributed by atoms with E-state index in [0.29, 0.717) is 5.11 Å². The van der Waals surface area contributed by atoms with Crippen LogP contribution in [0.1, 0.15) is 6.92 Å². The molecule has 0 atom stereocenters. The number of benzene rings is 1. The van der Waals surface area contributed by atoms with Crippen LogP contribution in [0.2, 0.25) is 0 Å². The Morgan fingerprint density at radius 2 is 2.00 bits per heavy atom. The Labute approximate surface area is 127 Å². The van der Waals surface area contributed by atoms with Crippen LogP contribution in [0.5, 0.6) is 0 Å². The molecule has 5 heteroatoms. The molecule has 2 N–H and O–H groups in total. The van der Waals surface area contributed by atoms with Crippen LogP contribution < -0.4 is 10.6 Å². The van der Waals surface area contributed by atoms with Crippen LogP contribution in [0.3, 0.4) is 0 Å². The molecule has 98 valence electrons. The lowest BCUT2D eigenvalue weighted by atomic mass is 10.3. The highest BCUT2D eigenvalue weighted by atomic mass is 79.9. The molecule has 0 saturated heterocycles. The first-order valence-electron chi connectivity index (χ1n) is 5.62. The van der Waals surface area contributed by atoms with Crippen molar-refractivity contribution in [2.75, 3.05) is 18.8 Å². The maximum absolute atomic E-state index is 5.14. The van der Waals surface area contributed by atoms with E-state index in [-0.39, 0.29) is 0 Å². The molecule has 0 aliphatic heterocycles. The van der Waals surface area contributed by atoms with Crippen molar-refractivity contribution < 1.29 is 0 Å². The van der Waals surface area contributed by atoms with Crippen LogP contribution in [0, 0.1) is 0 Å². The molecule has 0 fully saturated rings. The summed E-state index contributed by atoms with van der Waals surface area (Å²) in [4.78, 5) is 1.26. The standard InChI is InChI=1S/C13H17BrN2S2/c1-10(2)9-16-13(17)15-7-8-18-12-5-3-11(14)4-6-12/h3-6H,1,7-9H2,2H3,(H2,15,16,17). The fourth-order valence-corrected chi connectivity index (χ4v) is 2.36. The van der Waals surface area contributed by atoms with Gasteiger partial charge in [-0.3, -0.25) is 0 Å². The average molecular weight is 345 g/mol. The van der Waals surface area contributed by atoms with Crippen LogP contribution in [0.4, 0.5) is 0 Å². The number of nitrogens with one attached hydrogen (secondary N) is 2. The number of thiocarbonyl (C=S) groups is 1. The summed E-state index contributed by atoms with van der Waals surface area (Å²) in [5.74, 6) is 0.983. The van der Waals surface area contributed by atoms with E-state index in [1.54, 1.807) is 0 Å². The van der Waals surface area contributed by atoms with Crippen molar-refractivity contribution in [2.45, 2.75) is 11.8 Å². The Kier molecular flexibility index (Phi) is 7.39. The summed E-state index contributed by atoms with van der Waals surface area (Å²) in [6, 6.07) is 8.31. The first-order chi connectivity index (χ1) is 8.58.